The molecule has 0 bridgehead atoms. The molecule has 1 saturated heterocycles. The SMILES string of the molecule is CN(C(=O)c1cncc(N2CCN(c3ncccn3)CC2)c1)c1ccccc1. The Hall–Kier alpha value is -3.48. The van der Waals surface area contributed by atoms with Gasteiger partial charge < -0.3 is 14.7 Å². The van der Waals surface area contributed by atoms with Crippen molar-refractivity contribution in [1.29, 1.82) is 0 Å². The van der Waals surface area contributed by atoms with Crippen LogP contribution in [0.15, 0.2) is 67.3 Å². The Labute approximate surface area is 164 Å². The van der Waals surface area contributed by atoms with Gasteiger partial charge in [0, 0.05) is 57.5 Å². The molecule has 7 heteroatoms. The number of pyridine rings is 1. The van der Waals surface area contributed by atoms with Crippen molar-refractivity contribution in [2.24, 2.45) is 0 Å². The summed E-state index contributed by atoms with van der Waals surface area (Å²) in [5, 5.41) is 0. The Morgan fingerprint density at radius 1 is 0.929 bits per heavy atom. The lowest BCUT2D eigenvalue weighted by Gasteiger charge is -2.36. The zero-order chi connectivity index (χ0) is 19.3. The molecule has 3 heterocycles. The third kappa shape index (κ3) is 3.78. The van der Waals surface area contributed by atoms with Crippen LogP contribution in [0.1, 0.15) is 10.4 Å². The molecule has 0 atom stereocenters. The fraction of sp³-hybridized carbons (Fsp3) is 0.238. The Balaban J connectivity index is 1.45. The number of benzene rings is 1. The smallest absolute Gasteiger partial charge is 0.259 e. The standard InChI is InChI=1S/C21H22N6O/c1-25(18-6-3-2-4-7-18)20(28)17-14-19(16-22-15-17)26-10-12-27(13-11-26)21-23-8-5-9-24-21/h2-9,14-16H,10-13H2,1H3. The van der Waals surface area contributed by atoms with Crippen LogP contribution in [0.25, 0.3) is 0 Å². The maximum Gasteiger partial charge on any atom is 0.259 e. The topological polar surface area (TPSA) is 65.5 Å². The van der Waals surface area contributed by atoms with Crippen LogP contribution in [0.3, 0.4) is 0 Å². The third-order valence-electron chi connectivity index (χ3n) is 4.90. The van der Waals surface area contributed by atoms with E-state index in [9.17, 15) is 4.79 Å². The molecule has 28 heavy (non-hydrogen) atoms. The highest BCUT2D eigenvalue weighted by Gasteiger charge is 2.21. The molecule has 3 aromatic rings. The average molecular weight is 374 g/mol. The van der Waals surface area contributed by atoms with Gasteiger partial charge in [-0.25, -0.2) is 9.97 Å². The summed E-state index contributed by atoms with van der Waals surface area (Å²) >= 11 is 0. The molecule has 4 rings (SSSR count). The van der Waals surface area contributed by atoms with Crippen molar-refractivity contribution >= 4 is 23.2 Å². The minimum Gasteiger partial charge on any atom is -0.367 e. The number of piperazine rings is 1. The Kier molecular flexibility index (Phi) is 5.14. The van der Waals surface area contributed by atoms with Gasteiger partial charge in [-0.3, -0.25) is 9.78 Å². The van der Waals surface area contributed by atoms with E-state index in [1.165, 1.54) is 0 Å². The molecular formula is C21H22N6O. The molecule has 1 fully saturated rings. The average Bonchev–Trinajstić information content (AvgIpc) is 2.79. The van der Waals surface area contributed by atoms with Gasteiger partial charge >= 0.3 is 0 Å². The molecule has 2 aromatic heterocycles. The van der Waals surface area contributed by atoms with Crippen molar-refractivity contribution in [3.8, 4) is 0 Å². The van der Waals surface area contributed by atoms with E-state index in [2.05, 4.69) is 24.8 Å². The summed E-state index contributed by atoms with van der Waals surface area (Å²) in [5.74, 6) is 0.686. The number of hydrogen-bond acceptors (Lipinski definition) is 6. The van der Waals surface area contributed by atoms with E-state index in [0.717, 1.165) is 43.5 Å². The van der Waals surface area contributed by atoms with Gasteiger partial charge in [-0.1, -0.05) is 18.2 Å². The lowest BCUT2D eigenvalue weighted by atomic mass is 10.2. The van der Waals surface area contributed by atoms with Crippen LogP contribution in [0.2, 0.25) is 0 Å². The number of rotatable bonds is 4. The normalized spacial score (nSPS) is 14.0. The van der Waals surface area contributed by atoms with Gasteiger partial charge in [0.2, 0.25) is 5.95 Å². The number of anilines is 3. The van der Waals surface area contributed by atoms with E-state index in [1.54, 1.807) is 30.5 Å². The lowest BCUT2D eigenvalue weighted by molar-refractivity contribution is 0.0992. The summed E-state index contributed by atoms with van der Waals surface area (Å²) in [6, 6.07) is 13.3. The summed E-state index contributed by atoms with van der Waals surface area (Å²) in [6.45, 7) is 3.30. The van der Waals surface area contributed by atoms with E-state index in [1.807, 2.05) is 48.7 Å². The summed E-state index contributed by atoms with van der Waals surface area (Å²) in [4.78, 5) is 31.9. The summed E-state index contributed by atoms with van der Waals surface area (Å²) in [5.41, 5.74) is 2.40. The van der Waals surface area contributed by atoms with Crippen molar-refractivity contribution < 1.29 is 4.79 Å². The van der Waals surface area contributed by atoms with E-state index in [4.69, 9.17) is 0 Å². The van der Waals surface area contributed by atoms with Gasteiger partial charge in [0.15, 0.2) is 0 Å². The predicted octanol–water partition coefficient (Wildman–Crippen LogP) is 2.47. The largest absolute Gasteiger partial charge is 0.367 e. The number of carbonyl (C=O) groups excluding carboxylic acids is 1. The second-order valence-electron chi connectivity index (χ2n) is 6.65. The Bertz CT molecular complexity index is 926. The quantitative estimate of drug-likeness (QED) is 0.699. The van der Waals surface area contributed by atoms with Gasteiger partial charge in [-0.05, 0) is 24.3 Å². The first-order valence-electron chi connectivity index (χ1n) is 9.27. The molecule has 0 saturated carbocycles. The number of amides is 1. The fourth-order valence-corrected chi connectivity index (χ4v) is 3.30. The molecule has 1 aliphatic heterocycles. The van der Waals surface area contributed by atoms with Crippen LogP contribution in [0.4, 0.5) is 17.3 Å². The third-order valence-corrected chi connectivity index (χ3v) is 4.90. The number of carbonyl (C=O) groups is 1. The van der Waals surface area contributed by atoms with Crippen LogP contribution in [0, 0.1) is 0 Å². The van der Waals surface area contributed by atoms with Crippen LogP contribution < -0.4 is 14.7 Å². The van der Waals surface area contributed by atoms with E-state index in [-0.39, 0.29) is 5.91 Å². The Morgan fingerprint density at radius 3 is 2.32 bits per heavy atom. The molecule has 1 amide bonds. The Morgan fingerprint density at radius 2 is 1.61 bits per heavy atom. The highest BCUT2D eigenvalue weighted by atomic mass is 16.2. The van der Waals surface area contributed by atoms with Gasteiger partial charge in [-0.15, -0.1) is 0 Å². The molecule has 0 radical (unpaired) electrons. The van der Waals surface area contributed by atoms with E-state index in [0.29, 0.717) is 5.56 Å². The van der Waals surface area contributed by atoms with Crippen molar-refractivity contribution in [2.75, 3.05) is 47.9 Å². The predicted molar refractivity (Wildman–Crippen MR) is 110 cm³/mol. The molecule has 142 valence electrons. The van der Waals surface area contributed by atoms with Crippen molar-refractivity contribution in [1.82, 2.24) is 15.0 Å². The molecule has 0 unspecified atom stereocenters. The second kappa shape index (κ2) is 8.04. The molecule has 1 aliphatic rings. The second-order valence-corrected chi connectivity index (χ2v) is 6.65. The van der Waals surface area contributed by atoms with E-state index >= 15 is 0 Å². The summed E-state index contributed by atoms with van der Waals surface area (Å²) in [7, 11) is 1.78. The molecule has 0 N–H and O–H groups in total. The molecular weight excluding hydrogens is 352 g/mol. The zero-order valence-corrected chi connectivity index (χ0v) is 15.8. The first kappa shape index (κ1) is 17.9. The van der Waals surface area contributed by atoms with Crippen molar-refractivity contribution in [2.45, 2.75) is 0 Å². The molecule has 0 aliphatic carbocycles. The number of nitrogens with zero attached hydrogens (tertiary/aromatic N) is 6. The zero-order valence-electron chi connectivity index (χ0n) is 15.8. The number of para-hydroxylation sites is 1. The highest BCUT2D eigenvalue weighted by molar-refractivity contribution is 6.06. The number of aromatic nitrogens is 3. The first-order chi connectivity index (χ1) is 13.7. The molecule has 0 spiro atoms. The van der Waals surface area contributed by atoms with Crippen LogP contribution in [0.5, 0.6) is 0 Å². The maximum atomic E-state index is 12.9. The van der Waals surface area contributed by atoms with Crippen molar-refractivity contribution in [3.05, 3.63) is 72.8 Å². The van der Waals surface area contributed by atoms with Gasteiger partial charge in [0.05, 0.1) is 17.4 Å². The van der Waals surface area contributed by atoms with E-state index < -0.39 is 0 Å². The van der Waals surface area contributed by atoms with Gasteiger partial charge in [0.1, 0.15) is 0 Å². The number of hydrogen-bond donors (Lipinski definition) is 0. The van der Waals surface area contributed by atoms with Crippen molar-refractivity contribution in [3.63, 3.8) is 0 Å². The van der Waals surface area contributed by atoms with Gasteiger partial charge in [0.25, 0.3) is 5.91 Å². The minimum absolute atomic E-state index is 0.0723. The first-order valence-corrected chi connectivity index (χ1v) is 9.27. The van der Waals surface area contributed by atoms with Gasteiger partial charge in [-0.2, -0.15) is 0 Å². The summed E-state index contributed by atoms with van der Waals surface area (Å²) < 4.78 is 0. The van der Waals surface area contributed by atoms with Crippen LogP contribution >= 0.6 is 0 Å². The molecule has 1 aromatic carbocycles. The highest BCUT2D eigenvalue weighted by Crippen LogP contribution is 2.21. The van der Waals surface area contributed by atoms with Crippen LogP contribution in [-0.4, -0.2) is 54.1 Å². The maximum absolute atomic E-state index is 12.9. The summed E-state index contributed by atoms with van der Waals surface area (Å²) in [6.07, 6.45) is 6.96. The molecule has 7 nitrogen and oxygen atoms in total. The fourth-order valence-electron chi connectivity index (χ4n) is 3.30. The van der Waals surface area contributed by atoms with Crippen LogP contribution in [-0.2, 0) is 0 Å². The lowest BCUT2D eigenvalue weighted by Crippen LogP contribution is -2.47. The minimum atomic E-state index is -0.0723. The monoisotopic (exact) mass is 374 g/mol.